The SMILES string of the molecule is [2H]c1c([2H])c([2H])c(N(c2c([2H])c([2H])c([2H])c([2H])c2[2H])c2c([2H])c([2H])c3c([2H])c(-c4cc(-c5nc6ccccc6nc5-c5cccc(-c6ccccc6)c5)c5c(c4)oc4ccccc45)c([2H])c([2H])c3c2[2H])c([2H])c1[2H]. The highest BCUT2D eigenvalue weighted by molar-refractivity contribution is 6.15. The van der Waals surface area contributed by atoms with Gasteiger partial charge in [-0.15, -0.1) is 0 Å². The summed E-state index contributed by atoms with van der Waals surface area (Å²) in [6.07, 6.45) is 0. The third kappa shape index (κ3) is 5.96. The molecular formula is C54H35N3O. The molecule has 11 aromatic rings. The van der Waals surface area contributed by atoms with Gasteiger partial charge in [0.25, 0.3) is 0 Å². The van der Waals surface area contributed by atoms with Crippen LogP contribution in [0.5, 0.6) is 0 Å². The molecule has 0 bridgehead atoms. The van der Waals surface area contributed by atoms with Gasteiger partial charge in [0, 0.05) is 39.0 Å². The number of benzene rings is 9. The summed E-state index contributed by atoms with van der Waals surface area (Å²) in [5.74, 6) is 0. The van der Waals surface area contributed by atoms with Crippen molar-refractivity contribution in [3.63, 3.8) is 0 Å². The maximum Gasteiger partial charge on any atom is 0.136 e. The minimum atomic E-state index is -0.933. The first kappa shape index (κ1) is 20.9. The number of nitrogens with zero attached hydrogens (tertiary/aromatic N) is 3. The van der Waals surface area contributed by atoms with Crippen molar-refractivity contribution in [3.8, 4) is 44.8 Å². The van der Waals surface area contributed by atoms with Crippen molar-refractivity contribution in [1.82, 2.24) is 9.97 Å². The van der Waals surface area contributed by atoms with Crippen LogP contribution in [-0.4, -0.2) is 9.97 Å². The van der Waals surface area contributed by atoms with E-state index in [0.717, 1.165) is 22.1 Å². The molecule has 2 aromatic heterocycles. The maximum absolute atomic E-state index is 9.81. The lowest BCUT2D eigenvalue weighted by Crippen LogP contribution is -2.09. The highest BCUT2D eigenvalue weighted by atomic mass is 16.3. The average molecular weight is 758 g/mol. The second kappa shape index (κ2) is 14.0. The Morgan fingerprint density at radius 2 is 1.07 bits per heavy atom. The van der Waals surface area contributed by atoms with Crippen molar-refractivity contribution in [2.45, 2.75) is 0 Å². The van der Waals surface area contributed by atoms with E-state index in [2.05, 4.69) is 0 Å². The van der Waals surface area contributed by atoms with Gasteiger partial charge in [-0.05, 0) is 112 Å². The number of fused-ring (bicyclic) bond motifs is 5. The molecule has 272 valence electrons. The van der Waals surface area contributed by atoms with Crippen LogP contribution in [0.1, 0.15) is 21.9 Å². The van der Waals surface area contributed by atoms with E-state index in [-0.39, 0.29) is 11.1 Å². The fraction of sp³-hybridized carbons (Fsp3) is 0. The van der Waals surface area contributed by atoms with Gasteiger partial charge in [0.2, 0.25) is 0 Å². The molecule has 0 aliphatic carbocycles. The Balaban J connectivity index is 1.21. The molecule has 58 heavy (non-hydrogen) atoms. The first-order chi connectivity index (χ1) is 35.4. The second-order valence-corrected chi connectivity index (χ2v) is 13.4. The van der Waals surface area contributed by atoms with Gasteiger partial charge in [0.1, 0.15) is 11.2 Å². The number of para-hydroxylation sites is 5. The highest BCUT2D eigenvalue weighted by Gasteiger charge is 2.21. The van der Waals surface area contributed by atoms with Crippen molar-refractivity contribution in [1.29, 1.82) is 0 Å². The third-order valence-electron chi connectivity index (χ3n) is 9.84. The smallest absolute Gasteiger partial charge is 0.136 e. The van der Waals surface area contributed by atoms with Crippen molar-refractivity contribution in [2.75, 3.05) is 4.90 Å². The number of anilines is 3. The molecular weight excluding hydrogens is 707 g/mol. The van der Waals surface area contributed by atoms with E-state index in [1.54, 1.807) is 18.2 Å². The van der Waals surface area contributed by atoms with Gasteiger partial charge in [-0.25, -0.2) is 9.97 Å². The van der Waals surface area contributed by atoms with E-state index >= 15 is 0 Å². The summed E-state index contributed by atoms with van der Waals surface area (Å²) in [6.45, 7) is 0. The van der Waals surface area contributed by atoms with Gasteiger partial charge in [-0.3, -0.25) is 0 Å². The van der Waals surface area contributed by atoms with Crippen LogP contribution in [0.15, 0.2) is 216 Å². The molecule has 4 nitrogen and oxygen atoms in total. The van der Waals surface area contributed by atoms with Gasteiger partial charge < -0.3 is 9.32 Å². The predicted molar refractivity (Wildman–Crippen MR) is 241 cm³/mol. The van der Waals surface area contributed by atoms with Gasteiger partial charge in [0.15, 0.2) is 0 Å². The normalized spacial score (nSPS) is 15.3. The van der Waals surface area contributed by atoms with E-state index in [9.17, 15) is 8.22 Å². The molecule has 0 aliphatic heterocycles. The molecule has 0 amide bonds. The van der Waals surface area contributed by atoms with Crippen LogP contribution in [0, 0.1) is 0 Å². The van der Waals surface area contributed by atoms with Crippen LogP contribution >= 0.6 is 0 Å². The Hall–Kier alpha value is -7.82. The number of aromatic nitrogens is 2. The molecule has 0 unspecified atom stereocenters. The molecule has 11 rings (SSSR count). The quantitative estimate of drug-likeness (QED) is 0.162. The molecule has 0 saturated heterocycles. The van der Waals surface area contributed by atoms with E-state index in [1.165, 1.54) is 0 Å². The lowest BCUT2D eigenvalue weighted by molar-refractivity contribution is 0.669. The largest absolute Gasteiger partial charge is 0.456 e. The molecule has 9 aromatic carbocycles. The molecule has 0 aliphatic rings. The zero-order valence-electron chi connectivity index (χ0n) is 46.2. The molecule has 0 radical (unpaired) electrons. The fourth-order valence-electron chi connectivity index (χ4n) is 7.22. The van der Waals surface area contributed by atoms with Crippen LogP contribution in [-0.2, 0) is 0 Å². The topological polar surface area (TPSA) is 42.2 Å². The molecule has 0 fully saturated rings. The standard InChI is InChI=1S/C54H35N3O/c1-4-15-36(16-5-1)37-17-14-18-41(32-37)53-54(56-49-25-12-11-24-48(49)55-53)47-34-42(35-51-52(47)46-23-10-13-26-50(46)58-51)39-27-28-40-33-45(30-29-38(40)31-39)57(43-19-6-2-7-20-43)44-21-8-3-9-22-44/h1-35H/i2D,3D,6D,7D,8D,9D,19D,20D,21D,22D,27D,28D,29D,30D,31D,33D. The van der Waals surface area contributed by atoms with Gasteiger partial charge in [0.05, 0.1) is 44.4 Å². The zero-order valence-corrected chi connectivity index (χ0v) is 30.2. The summed E-state index contributed by atoms with van der Waals surface area (Å²) >= 11 is 0. The van der Waals surface area contributed by atoms with Crippen LogP contribution in [0.2, 0.25) is 0 Å². The van der Waals surface area contributed by atoms with Gasteiger partial charge in [-0.1, -0.05) is 133 Å². The van der Waals surface area contributed by atoms with Crippen LogP contribution in [0.3, 0.4) is 0 Å². The second-order valence-electron chi connectivity index (χ2n) is 13.4. The summed E-state index contributed by atoms with van der Waals surface area (Å²) in [4.78, 5) is 11.0. The number of furan rings is 1. The lowest BCUT2D eigenvalue weighted by Gasteiger charge is -2.25. The Bertz CT molecular complexity index is 4110. The van der Waals surface area contributed by atoms with Gasteiger partial charge in [-0.2, -0.15) is 0 Å². The van der Waals surface area contributed by atoms with Crippen LogP contribution in [0.4, 0.5) is 17.1 Å². The van der Waals surface area contributed by atoms with Crippen LogP contribution in [0.25, 0.3) is 88.5 Å². The molecule has 4 heteroatoms. The fourth-order valence-corrected chi connectivity index (χ4v) is 7.22. The summed E-state index contributed by atoms with van der Waals surface area (Å²) < 4.78 is 150. The minimum Gasteiger partial charge on any atom is -0.456 e. The van der Waals surface area contributed by atoms with Gasteiger partial charge >= 0.3 is 0 Å². The summed E-state index contributed by atoms with van der Waals surface area (Å²) in [6, 6.07) is 22.5. The summed E-state index contributed by atoms with van der Waals surface area (Å²) in [5.41, 5.74) is 3.64. The third-order valence-corrected chi connectivity index (χ3v) is 9.84. The molecule has 0 atom stereocenters. The van der Waals surface area contributed by atoms with Crippen molar-refractivity contribution in [3.05, 3.63) is 212 Å². The molecule has 0 N–H and O–H groups in total. The molecule has 0 spiro atoms. The monoisotopic (exact) mass is 757 g/mol. The van der Waals surface area contributed by atoms with E-state index in [4.69, 9.17) is 28.1 Å². The number of hydrogen-bond donors (Lipinski definition) is 0. The zero-order chi connectivity index (χ0) is 52.3. The maximum atomic E-state index is 9.81. The number of rotatable bonds is 7. The Labute approximate surface area is 358 Å². The minimum absolute atomic E-state index is 0.178. The van der Waals surface area contributed by atoms with E-state index in [0.29, 0.717) is 49.4 Å². The average Bonchev–Trinajstić information content (AvgIpc) is 3.79. The lowest BCUT2D eigenvalue weighted by atomic mass is 9.93. The first-order valence-corrected chi connectivity index (χ1v) is 18.3. The Morgan fingerprint density at radius 3 is 1.84 bits per heavy atom. The summed E-state index contributed by atoms with van der Waals surface area (Å²) in [7, 11) is 0. The predicted octanol–water partition coefficient (Wildman–Crippen LogP) is 14.8. The Morgan fingerprint density at radius 1 is 0.431 bits per heavy atom. The van der Waals surface area contributed by atoms with Crippen molar-refractivity contribution < 1.29 is 26.3 Å². The van der Waals surface area contributed by atoms with Crippen molar-refractivity contribution >= 4 is 60.8 Å². The van der Waals surface area contributed by atoms with Crippen molar-refractivity contribution in [2.24, 2.45) is 0 Å². The summed E-state index contributed by atoms with van der Waals surface area (Å²) in [5, 5.41) is 0.390. The molecule has 0 saturated carbocycles. The van der Waals surface area contributed by atoms with E-state index in [1.807, 2.05) is 97.1 Å². The highest BCUT2D eigenvalue weighted by Crippen LogP contribution is 2.44. The Kier molecular flexibility index (Phi) is 5.06. The first-order valence-electron chi connectivity index (χ1n) is 26.3. The molecule has 2 heterocycles. The van der Waals surface area contributed by atoms with Crippen LogP contribution < -0.4 is 4.90 Å². The number of hydrogen-bond acceptors (Lipinski definition) is 4. The van der Waals surface area contributed by atoms with E-state index < -0.39 is 125 Å².